The van der Waals surface area contributed by atoms with Crippen LogP contribution in [0.3, 0.4) is 0 Å². The summed E-state index contributed by atoms with van der Waals surface area (Å²) in [5, 5.41) is 4.43. The van der Waals surface area contributed by atoms with E-state index in [1.807, 2.05) is 12.1 Å². The third-order valence-electron chi connectivity index (χ3n) is 1.80. The average Bonchev–Trinajstić information content (AvgIpc) is 2.57. The molecular formula is C10H7ClN2O. The molecule has 2 rings (SSSR count). The maximum absolute atomic E-state index is 5.59. The van der Waals surface area contributed by atoms with E-state index >= 15 is 0 Å². The van der Waals surface area contributed by atoms with Gasteiger partial charge in [0, 0.05) is 5.56 Å². The number of rotatable bonds is 0. The minimum Gasteiger partial charge on any atom is -0.380 e. The summed E-state index contributed by atoms with van der Waals surface area (Å²) in [6.45, 7) is 0. The molecule has 0 spiro atoms. The monoisotopic (exact) mass is 206 g/mol. The molecule has 0 unspecified atom stereocenters. The molecule has 0 radical (unpaired) electrons. The first-order valence-corrected chi connectivity index (χ1v) is 4.54. The zero-order valence-corrected chi connectivity index (χ0v) is 8.01. The van der Waals surface area contributed by atoms with Crippen molar-refractivity contribution in [2.75, 3.05) is 11.6 Å². The molecule has 70 valence electrons. The molecule has 14 heavy (non-hydrogen) atoms. The number of nitrogens with zero attached hydrogens (tertiary/aromatic N) is 1. The summed E-state index contributed by atoms with van der Waals surface area (Å²) < 4.78 is 4.96. The summed E-state index contributed by atoms with van der Waals surface area (Å²) in [5.74, 6) is 6.36. The van der Waals surface area contributed by atoms with Crippen molar-refractivity contribution < 1.29 is 4.52 Å². The Balaban J connectivity index is 2.54. The van der Waals surface area contributed by atoms with Gasteiger partial charge in [-0.15, -0.1) is 11.6 Å². The number of benzene rings is 1. The van der Waals surface area contributed by atoms with Gasteiger partial charge in [-0.05, 0) is 18.2 Å². The van der Waals surface area contributed by atoms with Crippen LogP contribution in [0, 0.1) is 11.8 Å². The maximum Gasteiger partial charge on any atom is 0.174 e. The molecule has 0 fully saturated rings. The molecule has 4 heteroatoms. The number of nitrogen functional groups attached to an aromatic ring is 1. The highest BCUT2D eigenvalue weighted by molar-refractivity contribution is 6.19. The molecule has 2 N–H and O–H groups in total. The third-order valence-corrected chi connectivity index (χ3v) is 1.93. The molecule has 0 saturated carbocycles. The van der Waals surface area contributed by atoms with Gasteiger partial charge in [-0.25, -0.2) is 0 Å². The second-order valence-electron chi connectivity index (χ2n) is 2.71. The summed E-state index contributed by atoms with van der Waals surface area (Å²) in [6.07, 6.45) is 0. The fourth-order valence-corrected chi connectivity index (χ4v) is 1.24. The van der Waals surface area contributed by atoms with Crippen LogP contribution in [0.5, 0.6) is 0 Å². The third kappa shape index (κ3) is 1.52. The normalized spacial score (nSPS) is 9.79. The molecule has 0 aliphatic heterocycles. The van der Waals surface area contributed by atoms with Gasteiger partial charge in [0.2, 0.25) is 0 Å². The first-order chi connectivity index (χ1) is 6.81. The summed E-state index contributed by atoms with van der Waals surface area (Å²) in [5.41, 5.74) is 7.11. The zero-order valence-electron chi connectivity index (χ0n) is 7.25. The molecule has 3 nitrogen and oxygen atoms in total. The van der Waals surface area contributed by atoms with Crippen LogP contribution in [0.2, 0.25) is 0 Å². The van der Waals surface area contributed by atoms with Crippen LogP contribution in [-0.2, 0) is 0 Å². The van der Waals surface area contributed by atoms with E-state index in [0.29, 0.717) is 17.3 Å². The Morgan fingerprint density at radius 3 is 3.14 bits per heavy atom. The summed E-state index contributed by atoms with van der Waals surface area (Å²) in [7, 11) is 0. The molecule has 2 aromatic rings. The van der Waals surface area contributed by atoms with Crippen molar-refractivity contribution in [3.05, 3.63) is 23.8 Å². The first kappa shape index (κ1) is 8.92. The van der Waals surface area contributed by atoms with Gasteiger partial charge in [0.1, 0.15) is 0 Å². The zero-order chi connectivity index (χ0) is 9.97. The van der Waals surface area contributed by atoms with Crippen LogP contribution in [0.15, 0.2) is 22.7 Å². The van der Waals surface area contributed by atoms with E-state index in [1.165, 1.54) is 0 Å². The second kappa shape index (κ2) is 3.60. The largest absolute Gasteiger partial charge is 0.380 e. The Kier molecular flexibility index (Phi) is 2.30. The van der Waals surface area contributed by atoms with Gasteiger partial charge >= 0.3 is 0 Å². The van der Waals surface area contributed by atoms with Crippen LogP contribution in [0.25, 0.3) is 11.0 Å². The van der Waals surface area contributed by atoms with Gasteiger partial charge in [-0.2, -0.15) is 0 Å². The summed E-state index contributed by atoms with van der Waals surface area (Å²) in [4.78, 5) is 0. The fraction of sp³-hybridized carbons (Fsp3) is 0.100. The molecular weight excluding hydrogens is 200 g/mol. The SMILES string of the molecule is Nc1noc2ccc(C#CCCl)cc12. The summed E-state index contributed by atoms with van der Waals surface area (Å²) >= 11 is 5.45. The van der Waals surface area contributed by atoms with Crippen molar-refractivity contribution in [3.8, 4) is 11.8 Å². The lowest BCUT2D eigenvalue weighted by molar-refractivity contribution is 0.460. The number of hydrogen-bond donors (Lipinski definition) is 1. The summed E-state index contributed by atoms with van der Waals surface area (Å²) in [6, 6.07) is 5.46. The molecule has 0 saturated heterocycles. The number of halogens is 1. The predicted molar refractivity (Wildman–Crippen MR) is 56.0 cm³/mol. The number of nitrogens with two attached hydrogens (primary N) is 1. The van der Waals surface area contributed by atoms with E-state index in [9.17, 15) is 0 Å². The van der Waals surface area contributed by atoms with Gasteiger partial charge in [-0.3, -0.25) is 0 Å². The smallest absolute Gasteiger partial charge is 0.174 e. The Labute approximate surface area is 85.8 Å². The van der Waals surface area contributed by atoms with Gasteiger partial charge in [0.25, 0.3) is 0 Å². The first-order valence-electron chi connectivity index (χ1n) is 4.01. The van der Waals surface area contributed by atoms with Gasteiger partial charge in [-0.1, -0.05) is 17.0 Å². The Bertz CT molecular complexity index is 522. The molecule has 0 aliphatic carbocycles. The molecule has 0 bridgehead atoms. The highest BCUT2D eigenvalue weighted by atomic mass is 35.5. The molecule has 0 aliphatic rings. The number of anilines is 1. The number of fused-ring (bicyclic) bond motifs is 1. The van der Waals surface area contributed by atoms with E-state index in [0.717, 1.165) is 10.9 Å². The molecule has 1 aromatic carbocycles. The van der Waals surface area contributed by atoms with E-state index in [-0.39, 0.29) is 0 Å². The van der Waals surface area contributed by atoms with Crippen molar-refractivity contribution in [1.29, 1.82) is 0 Å². The maximum atomic E-state index is 5.59. The van der Waals surface area contributed by atoms with Crippen molar-refractivity contribution in [2.24, 2.45) is 0 Å². The highest BCUT2D eigenvalue weighted by Crippen LogP contribution is 2.20. The lowest BCUT2D eigenvalue weighted by Crippen LogP contribution is -1.83. The predicted octanol–water partition coefficient (Wildman–Crippen LogP) is 2.00. The van der Waals surface area contributed by atoms with E-state index < -0.39 is 0 Å². The van der Waals surface area contributed by atoms with Gasteiger partial charge in [0.15, 0.2) is 11.4 Å². The van der Waals surface area contributed by atoms with Crippen molar-refractivity contribution >= 4 is 28.4 Å². The van der Waals surface area contributed by atoms with Crippen molar-refractivity contribution in [2.45, 2.75) is 0 Å². The van der Waals surface area contributed by atoms with Crippen LogP contribution in [0.4, 0.5) is 5.82 Å². The number of aromatic nitrogens is 1. The molecule has 0 atom stereocenters. The highest BCUT2D eigenvalue weighted by Gasteiger charge is 2.03. The van der Waals surface area contributed by atoms with E-state index in [1.54, 1.807) is 6.07 Å². The average molecular weight is 207 g/mol. The van der Waals surface area contributed by atoms with Crippen LogP contribution < -0.4 is 5.73 Å². The molecule has 0 amide bonds. The van der Waals surface area contributed by atoms with Crippen molar-refractivity contribution in [3.63, 3.8) is 0 Å². The number of hydrogen-bond acceptors (Lipinski definition) is 3. The van der Waals surface area contributed by atoms with E-state index in [4.69, 9.17) is 21.9 Å². The standard InChI is InChI=1S/C10H7ClN2O/c11-5-1-2-7-3-4-9-8(6-7)10(12)13-14-9/h3-4,6H,5H2,(H2,12,13). The molecule has 1 heterocycles. The number of alkyl halides is 1. The van der Waals surface area contributed by atoms with Crippen LogP contribution in [0.1, 0.15) is 5.56 Å². The van der Waals surface area contributed by atoms with Crippen LogP contribution in [-0.4, -0.2) is 11.0 Å². The lowest BCUT2D eigenvalue weighted by Gasteiger charge is -1.89. The second-order valence-corrected chi connectivity index (χ2v) is 2.98. The lowest BCUT2D eigenvalue weighted by atomic mass is 10.1. The Morgan fingerprint density at radius 2 is 2.36 bits per heavy atom. The topological polar surface area (TPSA) is 52.0 Å². The minimum atomic E-state index is 0.317. The van der Waals surface area contributed by atoms with Gasteiger partial charge in [0.05, 0.1) is 11.3 Å². The minimum absolute atomic E-state index is 0.317. The Morgan fingerprint density at radius 1 is 1.50 bits per heavy atom. The quantitative estimate of drug-likeness (QED) is 0.530. The van der Waals surface area contributed by atoms with E-state index in [2.05, 4.69) is 17.0 Å². The van der Waals surface area contributed by atoms with Gasteiger partial charge < -0.3 is 10.3 Å². The Hall–Kier alpha value is -1.66. The van der Waals surface area contributed by atoms with Crippen LogP contribution >= 0.6 is 11.6 Å². The molecule has 1 aromatic heterocycles. The fourth-order valence-electron chi connectivity index (χ4n) is 1.17. The van der Waals surface area contributed by atoms with Crippen molar-refractivity contribution in [1.82, 2.24) is 5.16 Å².